The fourth-order valence-electron chi connectivity index (χ4n) is 1.55. The summed E-state index contributed by atoms with van der Waals surface area (Å²) in [6.07, 6.45) is 1.82. The minimum absolute atomic E-state index is 0.264. The Labute approximate surface area is 116 Å². The Balaban J connectivity index is 2.73. The maximum absolute atomic E-state index is 11.6. The van der Waals surface area contributed by atoms with Gasteiger partial charge in [0.15, 0.2) is 0 Å². The van der Waals surface area contributed by atoms with Crippen LogP contribution in [-0.2, 0) is 25.5 Å². The molecule has 0 spiro atoms. The molecule has 0 aliphatic rings. The first-order valence-corrected chi connectivity index (χ1v) is 5.86. The lowest BCUT2D eigenvalue weighted by atomic mass is 10.1. The quantitative estimate of drug-likeness (QED) is 0.584. The number of carbonyl (C=O) groups is 3. The van der Waals surface area contributed by atoms with Gasteiger partial charge in [-0.3, -0.25) is 4.79 Å². The number of carbonyl (C=O) groups excluding carboxylic acids is 2. The van der Waals surface area contributed by atoms with Crippen molar-refractivity contribution in [3.05, 3.63) is 48.0 Å². The van der Waals surface area contributed by atoms with Gasteiger partial charge in [0.1, 0.15) is 6.04 Å². The van der Waals surface area contributed by atoms with Gasteiger partial charge in [0, 0.05) is 18.6 Å². The first kappa shape index (κ1) is 15.4. The van der Waals surface area contributed by atoms with E-state index in [2.05, 4.69) is 10.1 Å². The van der Waals surface area contributed by atoms with E-state index in [0.29, 0.717) is 6.08 Å². The van der Waals surface area contributed by atoms with E-state index in [9.17, 15) is 14.4 Å². The van der Waals surface area contributed by atoms with Gasteiger partial charge in [0.25, 0.3) is 0 Å². The van der Waals surface area contributed by atoms with E-state index in [1.54, 1.807) is 0 Å². The highest BCUT2D eigenvalue weighted by molar-refractivity contribution is 5.95. The summed E-state index contributed by atoms with van der Waals surface area (Å²) < 4.78 is 4.62. The summed E-state index contributed by atoms with van der Waals surface area (Å²) in [6, 6.07) is 8.23. The molecule has 0 saturated heterocycles. The predicted molar refractivity (Wildman–Crippen MR) is 70.9 cm³/mol. The van der Waals surface area contributed by atoms with Crippen LogP contribution in [0.2, 0.25) is 0 Å². The minimum atomic E-state index is -1.24. The number of ether oxygens (including phenoxy) is 1. The summed E-state index contributed by atoms with van der Waals surface area (Å²) in [6.45, 7) is 0. The lowest BCUT2D eigenvalue weighted by molar-refractivity contribution is -0.144. The fraction of sp³-hybridized carbons (Fsp3) is 0.214. The van der Waals surface area contributed by atoms with Crippen molar-refractivity contribution in [3.63, 3.8) is 0 Å². The van der Waals surface area contributed by atoms with E-state index >= 15 is 0 Å². The highest BCUT2D eigenvalue weighted by Crippen LogP contribution is 2.04. The third-order valence-electron chi connectivity index (χ3n) is 2.46. The molecule has 0 saturated carbocycles. The fourth-order valence-corrected chi connectivity index (χ4v) is 1.55. The SMILES string of the molecule is COC(=O)[C@H](Cc1ccccc1)NC(=O)/C=C/C(=O)O. The zero-order valence-electron chi connectivity index (χ0n) is 10.9. The van der Waals surface area contributed by atoms with Gasteiger partial charge in [-0.2, -0.15) is 0 Å². The summed E-state index contributed by atoms with van der Waals surface area (Å²) in [5.41, 5.74) is 0.852. The first-order valence-electron chi connectivity index (χ1n) is 5.86. The number of carboxylic acids is 1. The van der Waals surface area contributed by atoms with E-state index in [0.717, 1.165) is 11.6 Å². The molecular weight excluding hydrogens is 262 g/mol. The molecule has 1 amide bonds. The van der Waals surface area contributed by atoms with E-state index in [4.69, 9.17) is 5.11 Å². The Morgan fingerprint density at radius 1 is 1.25 bits per heavy atom. The van der Waals surface area contributed by atoms with Crippen molar-refractivity contribution >= 4 is 17.8 Å². The molecule has 0 fully saturated rings. The second kappa shape index (κ2) is 7.73. The van der Waals surface area contributed by atoms with Gasteiger partial charge in [-0.1, -0.05) is 30.3 Å². The first-order chi connectivity index (χ1) is 9.52. The molecule has 0 radical (unpaired) electrons. The predicted octanol–water partition coefficient (Wildman–Crippen LogP) is 0.528. The third kappa shape index (κ3) is 5.34. The smallest absolute Gasteiger partial charge is 0.328 e. The van der Waals surface area contributed by atoms with E-state index in [1.807, 2.05) is 30.3 Å². The van der Waals surface area contributed by atoms with Crippen molar-refractivity contribution in [2.45, 2.75) is 12.5 Å². The van der Waals surface area contributed by atoms with Crippen LogP contribution < -0.4 is 5.32 Å². The van der Waals surface area contributed by atoms with Gasteiger partial charge in [-0.25, -0.2) is 9.59 Å². The molecule has 0 aromatic heterocycles. The summed E-state index contributed by atoms with van der Waals surface area (Å²) in [5.74, 6) is -2.50. The molecule has 20 heavy (non-hydrogen) atoms. The number of amides is 1. The number of hydrogen-bond acceptors (Lipinski definition) is 4. The topological polar surface area (TPSA) is 92.7 Å². The number of hydrogen-bond donors (Lipinski definition) is 2. The van der Waals surface area contributed by atoms with Gasteiger partial charge < -0.3 is 15.2 Å². The number of carboxylic acid groups (broad SMARTS) is 1. The van der Waals surface area contributed by atoms with Gasteiger partial charge in [0.2, 0.25) is 5.91 Å². The Kier molecular flexibility index (Phi) is 5.96. The average Bonchev–Trinajstić information content (AvgIpc) is 2.44. The molecule has 0 aliphatic heterocycles. The normalized spacial score (nSPS) is 11.8. The number of methoxy groups -OCH3 is 1. The van der Waals surface area contributed by atoms with Crippen LogP contribution in [0.25, 0.3) is 0 Å². The Morgan fingerprint density at radius 3 is 2.45 bits per heavy atom. The zero-order valence-corrected chi connectivity index (χ0v) is 10.9. The van der Waals surface area contributed by atoms with Gasteiger partial charge in [0.05, 0.1) is 7.11 Å². The third-order valence-corrected chi connectivity index (χ3v) is 2.46. The molecule has 6 nitrogen and oxygen atoms in total. The van der Waals surface area contributed by atoms with Crippen LogP contribution in [0.1, 0.15) is 5.56 Å². The van der Waals surface area contributed by atoms with Gasteiger partial charge in [-0.15, -0.1) is 0 Å². The monoisotopic (exact) mass is 277 g/mol. The van der Waals surface area contributed by atoms with E-state index in [1.165, 1.54) is 7.11 Å². The molecule has 0 aliphatic carbocycles. The van der Waals surface area contributed by atoms with E-state index < -0.39 is 23.9 Å². The lowest BCUT2D eigenvalue weighted by Gasteiger charge is -2.15. The molecule has 1 atom stereocenters. The maximum Gasteiger partial charge on any atom is 0.328 e. The summed E-state index contributed by atoms with van der Waals surface area (Å²) in [7, 11) is 1.22. The highest BCUT2D eigenvalue weighted by Gasteiger charge is 2.20. The molecule has 0 bridgehead atoms. The van der Waals surface area contributed by atoms with Crippen LogP contribution in [0, 0.1) is 0 Å². The average molecular weight is 277 g/mol. The molecule has 1 rings (SSSR count). The number of rotatable bonds is 6. The second-order valence-electron chi connectivity index (χ2n) is 3.95. The zero-order chi connectivity index (χ0) is 15.0. The molecule has 6 heteroatoms. The summed E-state index contributed by atoms with van der Waals surface area (Å²) in [4.78, 5) is 33.4. The lowest BCUT2D eigenvalue weighted by Crippen LogP contribution is -2.42. The highest BCUT2D eigenvalue weighted by atomic mass is 16.5. The Bertz CT molecular complexity index is 510. The molecule has 1 aromatic rings. The Morgan fingerprint density at radius 2 is 1.90 bits per heavy atom. The van der Waals surface area contributed by atoms with Crippen LogP contribution in [0.15, 0.2) is 42.5 Å². The van der Waals surface area contributed by atoms with Crippen LogP contribution in [0.3, 0.4) is 0 Å². The van der Waals surface area contributed by atoms with Crippen LogP contribution in [0.5, 0.6) is 0 Å². The van der Waals surface area contributed by atoms with Crippen molar-refractivity contribution in [3.8, 4) is 0 Å². The maximum atomic E-state index is 11.6. The number of esters is 1. The Hall–Kier alpha value is -2.63. The van der Waals surface area contributed by atoms with Crippen molar-refractivity contribution < 1.29 is 24.2 Å². The minimum Gasteiger partial charge on any atom is -0.478 e. The van der Waals surface area contributed by atoms with Crippen molar-refractivity contribution in [1.82, 2.24) is 5.32 Å². The number of nitrogens with one attached hydrogen (secondary N) is 1. The summed E-state index contributed by atoms with van der Waals surface area (Å²) in [5, 5.41) is 10.8. The molecule has 1 aromatic carbocycles. The molecule has 0 unspecified atom stereocenters. The van der Waals surface area contributed by atoms with Crippen LogP contribution in [-0.4, -0.2) is 36.1 Å². The number of benzene rings is 1. The largest absolute Gasteiger partial charge is 0.478 e. The van der Waals surface area contributed by atoms with E-state index in [-0.39, 0.29) is 6.42 Å². The van der Waals surface area contributed by atoms with Crippen LogP contribution in [0.4, 0.5) is 0 Å². The van der Waals surface area contributed by atoms with Crippen molar-refractivity contribution in [2.75, 3.05) is 7.11 Å². The molecule has 2 N–H and O–H groups in total. The standard InChI is InChI=1S/C14H15NO5/c1-20-14(19)11(9-10-5-3-2-4-6-10)15-12(16)7-8-13(17)18/h2-8,11H,9H2,1H3,(H,15,16)(H,17,18)/b8-7+/t11-/m0/s1. The van der Waals surface area contributed by atoms with Crippen LogP contribution >= 0.6 is 0 Å². The molecule has 106 valence electrons. The van der Waals surface area contributed by atoms with Crippen molar-refractivity contribution in [2.24, 2.45) is 0 Å². The molecular formula is C14H15NO5. The van der Waals surface area contributed by atoms with Crippen molar-refractivity contribution in [1.29, 1.82) is 0 Å². The van der Waals surface area contributed by atoms with Gasteiger partial charge >= 0.3 is 11.9 Å². The molecule has 0 heterocycles. The van der Waals surface area contributed by atoms with Gasteiger partial charge in [-0.05, 0) is 5.56 Å². The summed E-state index contributed by atoms with van der Waals surface area (Å²) >= 11 is 0. The number of aliphatic carboxylic acids is 1. The second-order valence-corrected chi connectivity index (χ2v) is 3.95.